The molecule has 1 aromatic heterocycles. The van der Waals surface area contributed by atoms with Crippen molar-refractivity contribution in [1.82, 2.24) is 9.88 Å². The number of pyridine rings is 1. The molecule has 2 aliphatic heterocycles. The van der Waals surface area contributed by atoms with Crippen LogP contribution in [0.15, 0.2) is 29.1 Å². The van der Waals surface area contributed by atoms with E-state index in [-0.39, 0.29) is 11.7 Å². The molecule has 24 heavy (non-hydrogen) atoms. The Morgan fingerprint density at radius 2 is 2.00 bits per heavy atom. The van der Waals surface area contributed by atoms with Gasteiger partial charge < -0.3 is 14.8 Å². The predicted octanol–water partition coefficient (Wildman–Crippen LogP) is 2.41. The number of nitrogens with zero attached hydrogens (tertiary/aromatic N) is 1. The number of aliphatic hydroxyl groups is 1. The molecule has 128 valence electrons. The second-order valence-corrected chi connectivity index (χ2v) is 6.99. The van der Waals surface area contributed by atoms with Crippen molar-refractivity contribution in [3.8, 4) is 5.75 Å². The Kier molecular flexibility index (Phi) is 4.06. The number of rotatable bonds is 4. The summed E-state index contributed by atoms with van der Waals surface area (Å²) in [7, 11) is 0. The van der Waals surface area contributed by atoms with E-state index in [1.165, 1.54) is 0 Å². The fraction of sp³-hybridized carbons (Fsp3) is 0.526. The van der Waals surface area contributed by atoms with Gasteiger partial charge in [0.2, 0.25) is 0 Å². The number of ether oxygens (including phenoxy) is 1. The standard InChI is InChI=1S/C19H24N2O3/c1-2-24-17-5-6-18-12(8-17)7-13(19(23)20-18)11-21-14-3-4-15(21)10-16(22)9-14/h5-8,14-16,22H,2-4,9-11H2,1H3,(H,20,23)/t14-,15+,16?. The molecule has 2 aliphatic rings. The zero-order chi connectivity index (χ0) is 16.7. The molecule has 2 fully saturated rings. The molecule has 2 saturated heterocycles. The summed E-state index contributed by atoms with van der Waals surface area (Å²) in [6.45, 7) is 3.25. The van der Waals surface area contributed by atoms with Crippen LogP contribution in [0.2, 0.25) is 0 Å². The molecule has 5 nitrogen and oxygen atoms in total. The average molecular weight is 328 g/mol. The van der Waals surface area contributed by atoms with Gasteiger partial charge in [0, 0.05) is 35.1 Å². The van der Waals surface area contributed by atoms with Crippen molar-refractivity contribution in [2.24, 2.45) is 0 Å². The Morgan fingerprint density at radius 3 is 2.71 bits per heavy atom. The SMILES string of the molecule is CCOc1ccc2[nH]c(=O)c(CN3[C@@H]4CC[C@H]3CC(O)C4)cc2c1. The smallest absolute Gasteiger partial charge is 0.252 e. The number of H-pyrrole nitrogens is 1. The molecule has 0 amide bonds. The van der Waals surface area contributed by atoms with E-state index in [4.69, 9.17) is 4.74 Å². The van der Waals surface area contributed by atoms with E-state index in [1.807, 2.05) is 31.2 Å². The molecule has 2 bridgehead atoms. The Bertz CT molecular complexity index is 787. The van der Waals surface area contributed by atoms with Crippen molar-refractivity contribution < 1.29 is 9.84 Å². The highest BCUT2D eigenvalue weighted by Crippen LogP contribution is 2.36. The number of piperidine rings is 1. The minimum absolute atomic E-state index is 0.0165. The van der Waals surface area contributed by atoms with E-state index in [0.29, 0.717) is 25.2 Å². The van der Waals surface area contributed by atoms with Crippen molar-refractivity contribution in [3.63, 3.8) is 0 Å². The highest BCUT2D eigenvalue weighted by Gasteiger charge is 2.40. The van der Waals surface area contributed by atoms with Gasteiger partial charge in [-0.05, 0) is 56.9 Å². The third-order valence-corrected chi connectivity index (χ3v) is 5.42. The number of benzene rings is 1. The van der Waals surface area contributed by atoms with Crippen LogP contribution in [0.4, 0.5) is 0 Å². The van der Waals surface area contributed by atoms with Gasteiger partial charge in [-0.15, -0.1) is 0 Å². The quantitative estimate of drug-likeness (QED) is 0.904. The first-order chi connectivity index (χ1) is 11.6. The summed E-state index contributed by atoms with van der Waals surface area (Å²) in [5.74, 6) is 0.823. The number of nitrogens with one attached hydrogen (secondary N) is 1. The number of aromatic nitrogens is 1. The van der Waals surface area contributed by atoms with Gasteiger partial charge in [0.15, 0.2) is 0 Å². The monoisotopic (exact) mass is 328 g/mol. The summed E-state index contributed by atoms with van der Waals surface area (Å²) >= 11 is 0. The van der Waals surface area contributed by atoms with Gasteiger partial charge in [-0.2, -0.15) is 0 Å². The first kappa shape index (κ1) is 15.7. The zero-order valence-electron chi connectivity index (χ0n) is 14.0. The second kappa shape index (κ2) is 6.22. The molecule has 2 N–H and O–H groups in total. The van der Waals surface area contributed by atoms with E-state index < -0.39 is 0 Å². The molecule has 5 heteroatoms. The molecule has 0 radical (unpaired) electrons. The van der Waals surface area contributed by atoms with Crippen LogP contribution >= 0.6 is 0 Å². The third-order valence-electron chi connectivity index (χ3n) is 5.42. The Labute approximate surface area is 141 Å². The van der Waals surface area contributed by atoms with Gasteiger partial charge in [0.25, 0.3) is 5.56 Å². The van der Waals surface area contributed by atoms with Crippen molar-refractivity contribution in [1.29, 1.82) is 0 Å². The second-order valence-electron chi connectivity index (χ2n) is 6.99. The maximum atomic E-state index is 12.5. The predicted molar refractivity (Wildman–Crippen MR) is 93.3 cm³/mol. The highest BCUT2D eigenvalue weighted by molar-refractivity contribution is 5.80. The number of fused-ring (bicyclic) bond motifs is 3. The molecule has 1 aromatic carbocycles. The minimum atomic E-state index is -0.178. The molecule has 2 aromatic rings. The molecule has 0 spiro atoms. The van der Waals surface area contributed by atoms with Crippen molar-refractivity contribution in [3.05, 3.63) is 40.2 Å². The molecule has 3 atom stereocenters. The normalized spacial score (nSPS) is 26.8. The summed E-state index contributed by atoms with van der Waals surface area (Å²) in [6, 6.07) is 8.56. The molecule has 0 aliphatic carbocycles. The van der Waals surface area contributed by atoms with Gasteiger partial charge >= 0.3 is 0 Å². The average Bonchev–Trinajstić information content (AvgIpc) is 2.78. The first-order valence-corrected chi connectivity index (χ1v) is 8.86. The largest absolute Gasteiger partial charge is 0.494 e. The number of aliphatic hydroxyl groups excluding tert-OH is 1. The van der Waals surface area contributed by atoms with Crippen LogP contribution in [0.3, 0.4) is 0 Å². The third kappa shape index (κ3) is 2.82. The fourth-order valence-electron chi connectivity index (χ4n) is 4.30. The topological polar surface area (TPSA) is 65.6 Å². The van der Waals surface area contributed by atoms with Crippen LogP contribution in [0.25, 0.3) is 10.9 Å². The number of aromatic amines is 1. The molecular formula is C19H24N2O3. The van der Waals surface area contributed by atoms with Gasteiger partial charge in [0.1, 0.15) is 5.75 Å². The Balaban J connectivity index is 1.64. The molecule has 1 unspecified atom stereocenters. The highest BCUT2D eigenvalue weighted by atomic mass is 16.5. The van der Waals surface area contributed by atoms with Crippen LogP contribution in [-0.2, 0) is 6.54 Å². The zero-order valence-corrected chi connectivity index (χ0v) is 14.0. The van der Waals surface area contributed by atoms with Crippen LogP contribution in [-0.4, -0.2) is 39.8 Å². The summed E-state index contributed by atoms with van der Waals surface area (Å²) < 4.78 is 5.56. The Morgan fingerprint density at radius 1 is 1.25 bits per heavy atom. The molecule has 0 saturated carbocycles. The van der Waals surface area contributed by atoms with E-state index >= 15 is 0 Å². The van der Waals surface area contributed by atoms with Crippen molar-refractivity contribution >= 4 is 10.9 Å². The van der Waals surface area contributed by atoms with E-state index in [2.05, 4.69) is 9.88 Å². The van der Waals surface area contributed by atoms with Gasteiger partial charge in [-0.3, -0.25) is 9.69 Å². The lowest BCUT2D eigenvalue weighted by molar-refractivity contribution is 0.0308. The number of hydrogen-bond donors (Lipinski definition) is 2. The molecule has 3 heterocycles. The van der Waals surface area contributed by atoms with Gasteiger partial charge in [-0.1, -0.05) is 0 Å². The van der Waals surface area contributed by atoms with Gasteiger partial charge in [-0.25, -0.2) is 0 Å². The van der Waals surface area contributed by atoms with Crippen LogP contribution in [0, 0.1) is 0 Å². The summed E-state index contributed by atoms with van der Waals surface area (Å²) in [5.41, 5.74) is 1.62. The lowest BCUT2D eigenvalue weighted by Crippen LogP contribution is -2.44. The summed E-state index contributed by atoms with van der Waals surface area (Å²) in [4.78, 5) is 17.9. The van der Waals surface area contributed by atoms with Crippen LogP contribution in [0.5, 0.6) is 5.75 Å². The lowest BCUT2D eigenvalue weighted by atomic mass is 9.99. The van der Waals surface area contributed by atoms with Crippen molar-refractivity contribution in [2.75, 3.05) is 6.61 Å². The van der Waals surface area contributed by atoms with Crippen molar-refractivity contribution in [2.45, 2.75) is 57.3 Å². The van der Waals surface area contributed by atoms with Crippen LogP contribution < -0.4 is 10.3 Å². The van der Waals surface area contributed by atoms with E-state index in [9.17, 15) is 9.90 Å². The van der Waals surface area contributed by atoms with E-state index in [0.717, 1.165) is 47.9 Å². The molecule has 4 rings (SSSR count). The maximum absolute atomic E-state index is 12.5. The number of hydrogen-bond acceptors (Lipinski definition) is 4. The summed E-state index contributed by atoms with van der Waals surface area (Å²) in [6.07, 6.45) is 3.73. The maximum Gasteiger partial charge on any atom is 0.252 e. The van der Waals surface area contributed by atoms with Crippen LogP contribution in [0.1, 0.15) is 38.2 Å². The van der Waals surface area contributed by atoms with Gasteiger partial charge in [0.05, 0.1) is 12.7 Å². The molecular weight excluding hydrogens is 304 g/mol. The first-order valence-electron chi connectivity index (χ1n) is 8.86. The Hall–Kier alpha value is -1.85. The fourth-order valence-corrected chi connectivity index (χ4v) is 4.30. The lowest BCUT2D eigenvalue weighted by Gasteiger charge is -2.37. The van der Waals surface area contributed by atoms with E-state index in [1.54, 1.807) is 0 Å². The minimum Gasteiger partial charge on any atom is -0.494 e. The summed E-state index contributed by atoms with van der Waals surface area (Å²) in [5, 5.41) is 10.9.